The van der Waals surface area contributed by atoms with Crippen molar-refractivity contribution in [3.63, 3.8) is 0 Å². The molecule has 1 aliphatic rings. The second-order valence-electron chi connectivity index (χ2n) is 5.69. The molecule has 0 aromatic rings. The Bertz CT molecular complexity index is 326. The molecule has 1 aliphatic heterocycles. The van der Waals surface area contributed by atoms with Crippen molar-refractivity contribution in [3.8, 4) is 0 Å². The molecule has 1 unspecified atom stereocenters. The SMILES string of the molecule is CCNC(=O)CC1CNCCN1C(=O)OC(C)(C)C. The molecule has 2 amide bonds. The van der Waals surface area contributed by atoms with Crippen LogP contribution in [0.4, 0.5) is 4.79 Å². The fourth-order valence-corrected chi connectivity index (χ4v) is 1.99. The lowest BCUT2D eigenvalue weighted by atomic mass is 10.1. The average molecular weight is 271 g/mol. The van der Waals surface area contributed by atoms with E-state index in [1.165, 1.54) is 0 Å². The maximum atomic E-state index is 12.1. The van der Waals surface area contributed by atoms with Gasteiger partial charge in [0.1, 0.15) is 5.60 Å². The molecular weight excluding hydrogens is 246 g/mol. The van der Waals surface area contributed by atoms with E-state index in [9.17, 15) is 9.59 Å². The van der Waals surface area contributed by atoms with E-state index in [0.29, 0.717) is 26.1 Å². The fourth-order valence-electron chi connectivity index (χ4n) is 1.99. The highest BCUT2D eigenvalue weighted by atomic mass is 16.6. The minimum absolute atomic E-state index is 0.0373. The summed E-state index contributed by atoms with van der Waals surface area (Å²) >= 11 is 0. The van der Waals surface area contributed by atoms with Crippen LogP contribution in [0.15, 0.2) is 0 Å². The maximum absolute atomic E-state index is 12.1. The third kappa shape index (κ3) is 5.46. The first kappa shape index (κ1) is 15.8. The summed E-state index contributed by atoms with van der Waals surface area (Å²) in [6.45, 7) is 9.91. The van der Waals surface area contributed by atoms with Crippen molar-refractivity contribution in [1.29, 1.82) is 0 Å². The number of ether oxygens (including phenoxy) is 1. The molecular formula is C13H25N3O3. The number of rotatable bonds is 3. The summed E-state index contributed by atoms with van der Waals surface area (Å²) in [6, 6.07) is -0.143. The molecule has 0 saturated carbocycles. The Kier molecular flexibility index (Phi) is 5.60. The third-order valence-corrected chi connectivity index (χ3v) is 2.77. The second-order valence-corrected chi connectivity index (χ2v) is 5.69. The number of nitrogens with zero attached hydrogens (tertiary/aromatic N) is 1. The third-order valence-electron chi connectivity index (χ3n) is 2.77. The summed E-state index contributed by atoms with van der Waals surface area (Å²) in [5.74, 6) is -0.0373. The van der Waals surface area contributed by atoms with Crippen molar-refractivity contribution < 1.29 is 14.3 Å². The van der Waals surface area contributed by atoms with Crippen molar-refractivity contribution in [3.05, 3.63) is 0 Å². The highest BCUT2D eigenvalue weighted by molar-refractivity contribution is 5.77. The summed E-state index contributed by atoms with van der Waals surface area (Å²) in [6.07, 6.45) is -0.0385. The van der Waals surface area contributed by atoms with Crippen molar-refractivity contribution in [2.45, 2.75) is 45.8 Å². The zero-order chi connectivity index (χ0) is 14.5. The van der Waals surface area contributed by atoms with E-state index >= 15 is 0 Å². The Morgan fingerprint density at radius 1 is 1.42 bits per heavy atom. The fraction of sp³-hybridized carbons (Fsp3) is 0.846. The number of piperazine rings is 1. The molecule has 1 atom stereocenters. The van der Waals surface area contributed by atoms with E-state index in [1.54, 1.807) is 4.90 Å². The van der Waals surface area contributed by atoms with Gasteiger partial charge in [-0.3, -0.25) is 4.79 Å². The first-order valence-electron chi connectivity index (χ1n) is 6.80. The van der Waals surface area contributed by atoms with Crippen LogP contribution in [-0.4, -0.2) is 54.7 Å². The minimum Gasteiger partial charge on any atom is -0.444 e. The van der Waals surface area contributed by atoms with Crippen molar-refractivity contribution in [2.24, 2.45) is 0 Å². The zero-order valence-corrected chi connectivity index (χ0v) is 12.3. The lowest BCUT2D eigenvalue weighted by Crippen LogP contribution is -2.55. The second kappa shape index (κ2) is 6.75. The number of carbonyl (C=O) groups excluding carboxylic acids is 2. The van der Waals surface area contributed by atoms with Crippen molar-refractivity contribution >= 4 is 12.0 Å². The monoisotopic (exact) mass is 271 g/mol. The van der Waals surface area contributed by atoms with Crippen LogP contribution in [0.5, 0.6) is 0 Å². The first-order valence-corrected chi connectivity index (χ1v) is 6.80. The lowest BCUT2D eigenvalue weighted by Gasteiger charge is -2.36. The Hall–Kier alpha value is -1.30. The Labute approximate surface area is 114 Å². The molecule has 0 spiro atoms. The van der Waals surface area contributed by atoms with E-state index in [4.69, 9.17) is 4.74 Å². The zero-order valence-electron chi connectivity index (χ0n) is 12.3. The minimum atomic E-state index is -0.516. The molecule has 0 aromatic carbocycles. The van der Waals surface area contributed by atoms with Crippen molar-refractivity contribution in [2.75, 3.05) is 26.2 Å². The predicted octanol–water partition coefficient (Wildman–Crippen LogP) is 0.722. The van der Waals surface area contributed by atoms with E-state index in [0.717, 1.165) is 6.54 Å². The van der Waals surface area contributed by atoms with Gasteiger partial charge in [-0.2, -0.15) is 0 Å². The van der Waals surface area contributed by atoms with Gasteiger partial charge in [0, 0.05) is 32.6 Å². The van der Waals surface area contributed by atoms with Gasteiger partial charge in [-0.15, -0.1) is 0 Å². The van der Waals surface area contributed by atoms with E-state index < -0.39 is 5.60 Å². The Morgan fingerprint density at radius 2 is 2.11 bits per heavy atom. The van der Waals surface area contributed by atoms with Crippen molar-refractivity contribution in [1.82, 2.24) is 15.5 Å². The molecule has 2 N–H and O–H groups in total. The van der Waals surface area contributed by atoms with Gasteiger partial charge < -0.3 is 20.3 Å². The molecule has 0 aromatic heterocycles. The van der Waals surface area contributed by atoms with Crippen LogP contribution >= 0.6 is 0 Å². The standard InChI is InChI=1S/C13H25N3O3/c1-5-15-11(17)8-10-9-14-6-7-16(10)12(18)19-13(2,3)4/h10,14H,5-9H2,1-4H3,(H,15,17). The maximum Gasteiger partial charge on any atom is 0.410 e. The summed E-state index contributed by atoms with van der Waals surface area (Å²) < 4.78 is 5.38. The lowest BCUT2D eigenvalue weighted by molar-refractivity contribution is -0.122. The number of carbonyl (C=O) groups is 2. The number of nitrogens with one attached hydrogen (secondary N) is 2. The first-order chi connectivity index (χ1) is 8.83. The molecule has 0 radical (unpaired) electrons. The van der Waals surface area contributed by atoms with Crippen LogP contribution < -0.4 is 10.6 Å². The molecule has 19 heavy (non-hydrogen) atoms. The average Bonchev–Trinajstić information content (AvgIpc) is 2.27. The van der Waals surface area contributed by atoms with Gasteiger partial charge in [-0.25, -0.2) is 4.79 Å². The molecule has 6 heteroatoms. The molecule has 1 saturated heterocycles. The molecule has 1 fully saturated rings. The van der Waals surface area contributed by atoms with Crippen LogP contribution in [0, 0.1) is 0 Å². The van der Waals surface area contributed by atoms with Crippen LogP contribution in [-0.2, 0) is 9.53 Å². The number of hydrogen-bond donors (Lipinski definition) is 2. The molecule has 0 aliphatic carbocycles. The van der Waals surface area contributed by atoms with Gasteiger partial charge in [-0.1, -0.05) is 0 Å². The Balaban J connectivity index is 2.61. The van der Waals surface area contributed by atoms with Crippen LogP contribution in [0.3, 0.4) is 0 Å². The molecule has 1 rings (SSSR count). The van der Waals surface area contributed by atoms with E-state index in [2.05, 4.69) is 10.6 Å². The summed E-state index contributed by atoms with van der Waals surface area (Å²) in [5.41, 5.74) is -0.516. The van der Waals surface area contributed by atoms with Crippen LogP contribution in [0.1, 0.15) is 34.1 Å². The smallest absolute Gasteiger partial charge is 0.410 e. The quantitative estimate of drug-likeness (QED) is 0.793. The molecule has 0 bridgehead atoms. The topological polar surface area (TPSA) is 70.7 Å². The highest BCUT2D eigenvalue weighted by Gasteiger charge is 2.31. The summed E-state index contributed by atoms with van der Waals surface area (Å²) in [4.78, 5) is 25.4. The van der Waals surface area contributed by atoms with E-state index in [1.807, 2.05) is 27.7 Å². The highest BCUT2D eigenvalue weighted by Crippen LogP contribution is 2.14. The normalized spacial score (nSPS) is 20.0. The summed E-state index contributed by atoms with van der Waals surface area (Å²) in [5, 5.41) is 5.96. The number of hydrogen-bond acceptors (Lipinski definition) is 4. The molecule has 6 nitrogen and oxygen atoms in total. The van der Waals surface area contributed by atoms with Gasteiger partial charge in [0.05, 0.1) is 6.04 Å². The van der Waals surface area contributed by atoms with Crippen LogP contribution in [0.25, 0.3) is 0 Å². The van der Waals surface area contributed by atoms with Gasteiger partial charge in [0.15, 0.2) is 0 Å². The van der Waals surface area contributed by atoms with Gasteiger partial charge in [0.2, 0.25) is 5.91 Å². The van der Waals surface area contributed by atoms with Gasteiger partial charge in [0.25, 0.3) is 0 Å². The molecule has 1 heterocycles. The van der Waals surface area contributed by atoms with Gasteiger partial charge >= 0.3 is 6.09 Å². The Morgan fingerprint density at radius 3 is 2.68 bits per heavy atom. The van der Waals surface area contributed by atoms with E-state index in [-0.39, 0.29) is 18.0 Å². The molecule has 110 valence electrons. The number of amides is 2. The predicted molar refractivity (Wildman–Crippen MR) is 72.9 cm³/mol. The van der Waals surface area contributed by atoms with Crippen LogP contribution in [0.2, 0.25) is 0 Å². The van der Waals surface area contributed by atoms with Gasteiger partial charge in [-0.05, 0) is 27.7 Å². The largest absolute Gasteiger partial charge is 0.444 e. The summed E-state index contributed by atoms with van der Waals surface area (Å²) in [7, 11) is 0.